The van der Waals surface area contributed by atoms with Crippen molar-refractivity contribution in [3.05, 3.63) is 63.1 Å². The summed E-state index contributed by atoms with van der Waals surface area (Å²) >= 11 is 12.3. The molecule has 2 amide bonds. The number of ketones is 1. The number of hydrogen-bond donors (Lipinski definition) is 1. The molecule has 5 rings (SSSR count). The molecule has 2 fully saturated rings. The highest BCUT2D eigenvalue weighted by Crippen LogP contribution is 2.30. The van der Waals surface area contributed by atoms with Gasteiger partial charge in [-0.3, -0.25) is 19.3 Å². The molecule has 2 saturated heterocycles. The largest absolute Gasteiger partial charge is 0.369 e. The number of anilines is 1. The van der Waals surface area contributed by atoms with Crippen LogP contribution in [-0.4, -0.2) is 72.7 Å². The normalized spacial score (nSPS) is 20.4. The van der Waals surface area contributed by atoms with Crippen LogP contribution in [0.1, 0.15) is 47.2 Å². The van der Waals surface area contributed by atoms with Crippen molar-refractivity contribution in [3.8, 4) is 0 Å². The summed E-state index contributed by atoms with van der Waals surface area (Å²) in [6.07, 6.45) is 4.43. The maximum absolute atomic E-state index is 13.0. The van der Waals surface area contributed by atoms with E-state index in [-0.39, 0.29) is 24.0 Å². The van der Waals surface area contributed by atoms with Gasteiger partial charge in [-0.25, -0.2) is 0 Å². The summed E-state index contributed by atoms with van der Waals surface area (Å²) in [7, 11) is 0. The predicted octanol–water partition coefficient (Wildman–Crippen LogP) is 3.94. The van der Waals surface area contributed by atoms with Crippen LogP contribution in [-0.2, 0) is 22.6 Å². The summed E-state index contributed by atoms with van der Waals surface area (Å²) in [6, 6.07) is 10.5. The summed E-state index contributed by atoms with van der Waals surface area (Å²) in [5.74, 6) is -0.758. The number of piperidine rings is 1. The lowest BCUT2D eigenvalue weighted by molar-refractivity contribution is -0.137. The Morgan fingerprint density at radius 2 is 1.68 bits per heavy atom. The summed E-state index contributed by atoms with van der Waals surface area (Å²) in [5.41, 5.74) is 3.82. The van der Waals surface area contributed by atoms with E-state index in [1.54, 1.807) is 6.07 Å². The zero-order valence-electron chi connectivity index (χ0n) is 20.8. The topological polar surface area (TPSA) is 73.0 Å². The lowest BCUT2D eigenvalue weighted by atomic mass is 9.98. The number of amides is 2. The highest BCUT2D eigenvalue weighted by molar-refractivity contribution is 6.35. The molecule has 3 aliphatic heterocycles. The molecule has 1 atom stereocenters. The number of halogens is 2. The lowest BCUT2D eigenvalue weighted by Gasteiger charge is -2.36. The molecule has 3 aliphatic rings. The van der Waals surface area contributed by atoms with Gasteiger partial charge in [0.1, 0.15) is 0 Å². The number of unbranched alkanes of at least 4 members (excludes halogenated alkanes) is 2. The molecule has 0 radical (unpaired) electrons. The fraction of sp³-hybridized carbons (Fsp3) is 0.464. The van der Waals surface area contributed by atoms with Gasteiger partial charge in [0.2, 0.25) is 0 Å². The monoisotopic (exact) mass is 542 g/mol. The number of hydrogen-bond acceptors (Lipinski definition) is 5. The van der Waals surface area contributed by atoms with Crippen molar-refractivity contribution in [1.82, 2.24) is 15.1 Å². The van der Waals surface area contributed by atoms with Crippen molar-refractivity contribution in [2.45, 2.75) is 44.7 Å². The molecule has 0 saturated carbocycles. The first-order chi connectivity index (χ1) is 17.9. The number of fused-ring (bicyclic) bond motifs is 1. The van der Waals surface area contributed by atoms with Crippen LogP contribution in [0.3, 0.4) is 0 Å². The maximum Gasteiger partial charge on any atom is 0.255 e. The van der Waals surface area contributed by atoms with Crippen LogP contribution in [0, 0.1) is 0 Å². The van der Waals surface area contributed by atoms with E-state index in [2.05, 4.69) is 21.2 Å². The second-order valence-corrected chi connectivity index (χ2v) is 10.9. The number of piperazine rings is 1. The smallest absolute Gasteiger partial charge is 0.255 e. The Morgan fingerprint density at radius 1 is 0.919 bits per heavy atom. The van der Waals surface area contributed by atoms with Gasteiger partial charge < -0.3 is 15.1 Å². The molecule has 2 aromatic carbocycles. The first-order valence-electron chi connectivity index (χ1n) is 13.1. The molecule has 0 spiro atoms. The number of carbonyl (C=O) groups excluding carboxylic acids is 3. The number of carbonyl (C=O) groups is 3. The van der Waals surface area contributed by atoms with Crippen molar-refractivity contribution >= 4 is 46.5 Å². The molecule has 3 heterocycles. The molecular weight excluding hydrogens is 511 g/mol. The third-order valence-corrected chi connectivity index (χ3v) is 8.07. The van der Waals surface area contributed by atoms with E-state index in [1.165, 1.54) is 4.90 Å². The van der Waals surface area contributed by atoms with Gasteiger partial charge in [-0.2, -0.15) is 0 Å². The second-order valence-electron chi connectivity index (χ2n) is 10.1. The predicted molar refractivity (Wildman–Crippen MR) is 145 cm³/mol. The first-order valence-corrected chi connectivity index (χ1v) is 13.8. The molecule has 37 heavy (non-hydrogen) atoms. The standard InChI is InChI=1S/C28H32Cl2N4O3/c29-20-15-21(30)17-22(16-20)33-13-11-32(12-14-33)10-3-1-2-5-19-6-4-7-23-24(19)18-34(28(23)37)26-25(35)8-9-31-27(26)36/h4,6-7,15-17,26H,1-3,5,8-14,18H2,(H,31,36). The number of nitrogens with one attached hydrogen (secondary N) is 1. The molecule has 0 aromatic heterocycles. The Hall–Kier alpha value is -2.61. The molecule has 2 aromatic rings. The fourth-order valence-corrected chi connectivity index (χ4v) is 6.16. The minimum Gasteiger partial charge on any atom is -0.369 e. The Morgan fingerprint density at radius 3 is 2.41 bits per heavy atom. The molecule has 0 bridgehead atoms. The van der Waals surface area contributed by atoms with Gasteiger partial charge in [0, 0.05) is 67.0 Å². The molecule has 1 N–H and O–H groups in total. The van der Waals surface area contributed by atoms with Gasteiger partial charge in [-0.05, 0) is 61.2 Å². The molecular formula is C28H32Cl2N4O3. The van der Waals surface area contributed by atoms with Gasteiger partial charge in [0.05, 0.1) is 0 Å². The van der Waals surface area contributed by atoms with E-state index >= 15 is 0 Å². The average Bonchev–Trinajstić information content (AvgIpc) is 3.20. The Bertz CT molecular complexity index is 1160. The zero-order chi connectivity index (χ0) is 25.9. The van der Waals surface area contributed by atoms with Gasteiger partial charge in [-0.1, -0.05) is 41.8 Å². The average molecular weight is 543 g/mol. The molecule has 0 aliphatic carbocycles. The number of rotatable bonds is 8. The van der Waals surface area contributed by atoms with Crippen molar-refractivity contribution in [2.24, 2.45) is 0 Å². The van der Waals surface area contributed by atoms with Crippen molar-refractivity contribution in [2.75, 3.05) is 44.2 Å². The lowest BCUT2D eigenvalue weighted by Crippen LogP contribution is -2.55. The minimum absolute atomic E-state index is 0.177. The van der Waals surface area contributed by atoms with Crippen LogP contribution >= 0.6 is 23.2 Å². The van der Waals surface area contributed by atoms with E-state index in [0.717, 1.165) is 75.2 Å². The van der Waals surface area contributed by atoms with E-state index in [0.29, 0.717) is 28.7 Å². The van der Waals surface area contributed by atoms with Gasteiger partial charge in [-0.15, -0.1) is 0 Å². The Kier molecular flexibility index (Phi) is 8.03. The van der Waals surface area contributed by atoms with Crippen molar-refractivity contribution in [3.63, 3.8) is 0 Å². The Balaban J connectivity index is 1.08. The van der Waals surface area contributed by atoms with Crippen LogP contribution in [0.25, 0.3) is 0 Å². The molecule has 1 unspecified atom stereocenters. The number of benzene rings is 2. The second kappa shape index (κ2) is 11.4. The van der Waals surface area contributed by atoms with E-state index in [1.807, 2.05) is 24.3 Å². The van der Waals surface area contributed by atoms with Crippen molar-refractivity contribution in [1.29, 1.82) is 0 Å². The number of Topliss-reactive ketones (excluding diaryl/α,β-unsaturated/α-hetero) is 1. The summed E-state index contributed by atoms with van der Waals surface area (Å²) < 4.78 is 0. The summed E-state index contributed by atoms with van der Waals surface area (Å²) in [4.78, 5) is 44.0. The van der Waals surface area contributed by atoms with Gasteiger partial charge in [0.25, 0.3) is 11.8 Å². The molecule has 196 valence electrons. The highest BCUT2D eigenvalue weighted by Gasteiger charge is 2.42. The summed E-state index contributed by atoms with van der Waals surface area (Å²) in [5, 5.41) is 4.05. The third kappa shape index (κ3) is 5.79. The van der Waals surface area contributed by atoms with Crippen LogP contribution in [0.5, 0.6) is 0 Å². The highest BCUT2D eigenvalue weighted by atomic mass is 35.5. The summed E-state index contributed by atoms with van der Waals surface area (Å²) in [6.45, 7) is 5.69. The van der Waals surface area contributed by atoms with E-state index < -0.39 is 6.04 Å². The van der Waals surface area contributed by atoms with Crippen LogP contribution < -0.4 is 10.2 Å². The maximum atomic E-state index is 13.0. The van der Waals surface area contributed by atoms with Crippen LogP contribution in [0.4, 0.5) is 5.69 Å². The third-order valence-electron chi connectivity index (χ3n) is 7.63. The Labute approximate surface area is 227 Å². The number of aryl methyl sites for hydroxylation is 1. The van der Waals surface area contributed by atoms with Gasteiger partial charge in [0.15, 0.2) is 11.8 Å². The van der Waals surface area contributed by atoms with Crippen LogP contribution in [0.15, 0.2) is 36.4 Å². The van der Waals surface area contributed by atoms with Crippen molar-refractivity contribution < 1.29 is 14.4 Å². The van der Waals surface area contributed by atoms with Crippen LogP contribution in [0.2, 0.25) is 10.0 Å². The zero-order valence-corrected chi connectivity index (χ0v) is 22.4. The molecule has 9 heteroatoms. The van der Waals surface area contributed by atoms with E-state index in [9.17, 15) is 14.4 Å². The quantitative estimate of drug-likeness (QED) is 0.404. The first kappa shape index (κ1) is 26.0. The van der Waals surface area contributed by atoms with E-state index in [4.69, 9.17) is 23.2 Å². The molecule has 7 nitrogen and oxygen atoms in total. The van der Waals surface area contributed by atoms with Gasteiger partial charge >= 0.3 is 0 Å². The minimum atomic E-state index is -1.00. The fourth-order valence-electron chi connectivity index (χ4n) is 5.64. The SMILES string of the molecule is O=C1CCNC(=O)C1N1Cc2c(CCCCCN3CCN(c4cc(Cl)cc(Cl)c4)CC3)cccc2C1=O. The number of nitrogens with zero attached hydrogens (tertiary/aromatic N) is 3.